The molecule has 0 saturated heterocycles. The fraction of sp³-hybridized carbons (Fsp3) is 0.623. The number of amides is 1. The Morgan fingerprint density at radius 3 is 1.07 bits per heavy atom. The Bertz CT molecular complexity index is 2010. The maximum Gasteiger partial charge on any atom is 0.472 e. The number of hydrogen-bond donors (Lipinski definition) is 3. The van der Waals surface area contributed by atoms with Crippen LogP contribution in [-0.2, 0) is 18.4 Å². The molecule has 3 unspecified atom stereocenters. The summed E-state index contributed by atoms with van der Waals surface area (Å²) in [5.41, 5.74) is 0. The molecular formula is C77H130N2O6P+. The number of phosphoric ester groups is 1. The maximum atomic E-state index is 13.0. The van der Waals surface area contributed by atoms with Crippen molar-refractivity contribution in [3.05, 3.63) is 170 Å². The lowest BCUT2D eigenvalue weighted by Crippen LogP contribution is -2.45. The van der Waals surface area contributed by atoms with Gasteiger partial charge in [0.1, 0.15) is 13.2 Å². The molecule has 0 aliphatic heterocycles. The first-order valence-electron chi connectivity index (χ1n) is 34.5. The number of allylic oxidation sites excluding steroid dienone is 27. The lowest BCUT2D eigenvalue weighted by atomic mass is 10.0. The van der Waals surface area contributed by atoms with Crippen molar-refractivity contribution >= 4 is 13.7 Å². The third-order valence-electron chi connectivity index (χ3n) is 14.4. The van der Waals surface area contributed by atoms with E-state index in [0.717, 1.165) is 128 Å². The van der Waals surface area contributed by atoms with Gasteiger partial charge >= 0.3 is 7.82 Å². The zero-order valence-corrected chi connectivity index (χ0v) is 56.6. The lowest BCUT2D eigenvalue weighted by molar-refractivity contribution is -0.870. The first-order chi connectivity index (χ1) is 42.0. The molecule has 0 aromatic carbocycles. The second-order valence-corrected chi connectivity index (χ2v) is 25.3. The topological polar surface area (TPSA) is 105 Å². The van der Waals surface area contributed by atoms with Gasteiger partial charge in [-0.2, -0.15) is 0 Å². The van der Waals surface area contributed by atoms with Crippen LogP contribution in [0.2, 0.25) is 0 Å². The van der Waals surface area contributed by atoms with Crippen molar-refractivity contribution in [3.8, 4) is 0 Å². The quantitative estimate of drug-likeness (QED) is 0.0243. The number of likely N-dealkylation sites (N-methyl/N-ethyl adjacent to an activating group) is 1. The van der Waals surface area contributed by atoms with Crippen LogP contribution < -0.4 is 5.32 Å². The molecule has 0 aliphatic carbocycles. The molecule has 0 aromatic heterocycles. The van der Waals surface area contributed by atoms with E-state index in [1.165, 1.54) is 109 Å². The molecule has 0 aliphatic rings. The Morgan fingerprint density at radius 1 is 0.407 bits per heavy atom. The normalized spacial score (nSPS) is 14.7. The van der Waals surface area contributed by atoms with Gasteiger partial charge in [-0.05, 0) is 128 Å². The second kappa shape index (κ2) is 65.3. The van der Waals surface area contributed by atoms with E-state index < -0.39 is 20.0 Å². The fourth-order valence-corrected chi connectivity index (χ4v) is 9.81. The number of aliphatic hydroxyl groups is 1. The Morgan fingerprint density at radius 2 is 0.709 bits per heavy atom. The lowest BCUT2D eigenvalue weighted by Gasteiger charge is -2.25. The molecule has 86 heavy (non-hydrogen) atoms. The van der Waals surface area contributed by atoms with E-state index in [1.54, 1.807) is 6.08 Å². The predicted octanol–water partition coefficient (Wildman–Crippen LogP) is 22.3. The van der Waals surface area contributed by atoms with Crippen molar-refractivity contribution < 1.29 is 32.9 Å². The van der Waals surface area contributed by atoms with Gasteiger partial charge in [0.05, 0.1) is 39.9 Å². The molecule has 0 heterocycles. The molecule has 0 spiro atoms. The van der Waals surface area contributed by atoms with Crippen LogP contribution in [-0.4, -0.2) is 73.4 Å². The van der Waals surface area contributed by atoms with Crippen LogP contribution in [0.5, 0.6) is 0 Å². The van der Waals surface area contributed by atoms with Crippen molar-refractivity contribution in [1.82, 2.24) is 5.32 Å². The summed E-state index contributed by atoms with van der Waals surface area (Å²) in [6.07, 6.45) is 103. The van der Waals surface area contributed by atoms with Crippen LogP contribution in [0.3, 0.4) is 0 Å². The molecule has 3 atom stereocenters. The number of aliphatic hydroxyl groups excluding tert-OH is 1. The zero-order chi connectivity index (χ0) is 62.6. The highest BCUT2D eigenvalue weighted by Gasteiger charge is 2.27. The molecule has 9 heteroatoms. The van der Waals surface area contributed by atoms with Crippen molar-refractivity contribution in [3.63, 3.8) is 0 Å². The predicted molar refractivity (Wildman–Crippen MR) is 377 cm³/mol. The third-order valence-corrected chi connectivity index (χ3v) is 15.4. The van der Waals surface area contributed by atoms with E-state index in [-0.39, 0.29) is 19.1 Å². The van der Waals surface area contributed by atoms with Crippen molar-refractivity contribution in [1.29, 1.82) is 0 Å². The summed E-state index contributed by atoms with van der Waals surface area (Å²) in [6.45, 7) is 4.66. The van der Waals surface area contributed by atoms with Crippen LogP contribution in [0.4, 0.5) is 0 Å². The minimum absolute atomic E-state index is 0.0425. The summed E-state index contributed by atoms with van der Waals surface area (Å²) >= 11 is 0. The van der Waals surface area contributed by atoms with E-state index in [9.17, 15) is 19.4 Å². The molecule has 0 saturated carbocycles. The monoisotopic (exact) mass is 1210 g/mol. The molecule has 0 bridgehead atoms. The van der Waals surface area contributed by atoms with Crippen molar-refractivity contribution in [2.75, 3.05) is 40.9 Å². The first-order valence-corrected chi connectivity index (χ1v) is 36.0. The zero-order valence-electron chi connectivity index (χ0n) is 55.7. The summed E-state index contributed by atoms with van der Waals surface area (Å²) in [6, 6.07) is -0.890. The second-order valence-electron chi connectivity index (χ2n) is 23.8. The van der Waals surface area contributed by atoms with Crippen molar-refractivity contribution in [2.24, 2.45) is 0 Å². The molecular weight excluding hydrogens is 1080 g/mol. The Labute approximate surface area is 530 Å². The average molecular weight is 1210 g/mol. The summed E-state index contributed by atoms with van der Waals surface area (Å²) in [7, 11) is 1.52. The number of carbonyl (C=O) groups is 1. The number of unbranched alkanes of at least 4 members (excludes halogenated alkanes) is 22. The van der Waals surface area contributed by atoms with Crippen LogP contribution in [0.1, 0.15) is 258 Å². The van der Waals surface area contributed by atoms with E-state index in [0.29, 0.717) is 17.4 Å². The Balaban J connectivity index is 4.22. The molecule has 0 fully saturated rings. The van der Waals surface area contributed by atoms with Gasteiger partial charge in [-0.1, -0.05) is 293 Å². The average Bonchev–Trinajstić information content (AvgIpc) is 3.70. The summed E-state index contributed by atoms with van der Waals surface area (Å²) in [5, 5.41) is 13.9. The van der Waals surface area contributed by atoms with Gasteiger partial charge in [-0.3, -0.25) is 13.8 Å². The largest absolute Gasteiger partial charge is 0.472 e. The van der Waals surface area contributed by atoms with Gasteiger partial charge in [0.15, 0.2) is 0 Å². The highest BCUT2D eigenvalue weighted by atomic mass is 31.2. The molecule has 1 amide bonds. The number of carbonyl (C=O) groups excluding carboxylic acids is 1. The first kappa shape index (κ1) is 81.9. The SMILES string of the molecule is CC/C=C\C/C=C\C/C=C\C/C=C\C/C=C\C/C=C\C/C=C\C/C=C\C/C=C\C/C=C\C/C=C\CCCCCCCCCC(=O)NC(COP(=O)(O)OCC[N+](C)(C)C)C(O)/C=C/CC/C=C/CC/C=C/CCCCCCCCCCCCCCC. The molecule has 8 nitrogen and oxygen atoms in total. The summed E-state index contributed by atoms with van der Waals surface area (Å²) in [5.74, 6) is -0.208. The molecule has 3 N–H and O–H groups in total. The smallest absolute Gasteiger partial charge is 0.387 e. The van der Waals surface area contributed by atoms with Crippen LogP contribution >= 0.6 is 7.82 Å². The van der Waals surface area contributed by atoms with Crippen LogP contribution in [0.25, 0.3) is 0 Å². The summed E-state index contributed by atoms with van der Waals surface area (Å²) < 4.78 is 23.8. The fourth-order valence-electron chi connectivity index (χ4n) is 9.08. The summed E-state index contributed by atoms with van der Waals surface area (Å²) in [4.78, 5) is 23.4. The van der Waals surface area contributed by atoms with Gasteiger partial charge in [0, 0.05) is 6.42 Å². The minimum atomic E-state index is -4.38. The Kier molecular flexibility index (Phi) is 62.2. The number of quaternary nitrogens is 1. The highest BCUT2D eigenvalue weighted by molar-refractivity contribution is 7.47. The van der Waals surface area contributed by atoms with E-state index in [4.69, 9.17) is 9.05 Å². The van der Waals surface area contributed by atoms with Gasteiger partial charge in [0.2, 0.25) is 5.91 Å². The number of hydrogen-bond acceptors (Lipinski definition) is 5. The molecule has 488 valence electrons. The van der Waals surface area contributed by atoms with Crippen LogP contribution in [0.15, 0.2) is 170 Å². The number of rotatable bonds is 61. The standard InChI is InChI=1S/C77H129N2O6P/c1-6-8-10-12-14-16-18-20-22-24-26-28-30-31-32-33-34-35-36-37-38-39-40-41-42-43-44-45-46-47-49-51-53-55-57-59-61-63-65-67-69-71-77(81)78-75(74-85-86(82,83)84-73-72-79(3,4)5)76(80)70-68-66-64-62-60-58-56-54-52-50-48-29-27-25-23-21-19-17-15-13-11-9-7-2/h8,10,14,16,20,22,26,28,31-32,34-35,37-38,40-41,43-44,46-47,51-54,60,62,68,70,75-76,80H,6-7,9,11-13,15,17-19,21,23-25,27,29-30,33,36,39,42,45,48-50,55-59,61,63-67,69,71-74H2,1-5H3,(H-,78,81,82,83)/p+1/b10-8-,16-14-,22-20-,28-26-,32-31-,35-34-,38-37-,41-40-,44-43-,47-46-,53-51-,54-52+,62-60+,70-68+. The van der Waals surface area contributed by atoms with E-state index in [2.05, 4.69) is 177 Å². The Hall–Kier alpha value is -4.14. The number of nitrogens with zero attached hydrogens (tertiary/aromatic N) is 1. The molecule has 0 aromatic rings. The van der Waals surface area contributed by atoms with Crippen LogP contribution in [0, 0.1) is 0 Å². The van der Waals surface area contributed by atoms with Gasteiger partial charge < -0.3 is 19.8 Å². The van der Waals surface area contributed by atoms with Gasteiger partial charge in [0.25, 0.3) is 0 Å². The van der Waals surface area contributed by atoms with Gasteiger partial charge in [-0.25, -0.2) is 4.57 Å². The highest BCUT2D eigenvalue weighted by Crippen LogP contribution is 2.43. The maximum absolute atomic E-state index is 13.0. The van der Waals surface area contributed by atoms with E-state index in [1.807, 2.05) is 27.2 Å². The van der Waals surface area contributed by atoms with Crippen molar-refractivity contribution in [2.45, 2.75) is 270 Å². The molecule has 0 rings (SSSR count). The minimum Gasteiger partial charge on any atom is -0.387 e. The van der Waals surface area contributed by atoms with Gasteiger partial charge in [-0.15, -0.1) is 0 Å². The molecule has 0 radical (unpaired) electrons. The van der Waals surface area contributed by atoms with E-state index >= 15 is 0 Å². The third kappa shape index (κ3) is 67.4. The number of phosphoric acid groups is 1. The number of nitrogens with one attached hydrogen (secondary N) is 1.